The van der Waals surface area contributed by atoms with Crippen molar-refractivity contribution in [3.8, 4) is 5.88 Å². The maximum absolute atomic E-state index is 12.5. The molecule has 0 radical (unpaired) electrons. The van der Waals surface area contributed by atoms with E-state index >= 15 is 0 Å². The van der Waals surface area contributed by atoms with Crippen molar-refractivity contribution in [2.24, 2.45) is 7.05 Å². The van der Waals surface area contributed by atoms with E-state index in [0.29, 0.717) is 11.8 Å². The topological polar surface area (TPSA) is 81.9 Å². The summed E-state index contributed by atoms with van der Waals surface area (Å²) >= 11 is 0. The number of carbonyl (C=O) groups excluding carboxylic acids is 1. The van der Waals surface area contributed by atoms with Crippen LogP contribution in [-0.2, 0) is 18.3 Å². The predicted molar refractivity (Wildman–Crippen MR) is 109 cm³/mol. The summed E-state index contributed by atoms with van der Waals surface area (Å²) in [6.45, 7) is 1.99. The van der Waals surface area contributed by atoms with Crippen molar-refractivity contribution in [2.45, 2.75) is 51.0 Å². The molecule has 0 aliphatic heterocycles. The molecule has 1 N–H and O–H groups in total. The van der Waals surface area contributed by atoms with E-state index in [-0.39, 0.29) is 18.6 Å². The van der Waals surface area contributed by atoms with Gasteiger partial charge in [-0.2, -0.15) is 10.1 Å². The van der Waals surface area contributed by atoms with Gasteiger partial charge in [-0.3, -0.25) is 14.5 Å². The number of rotatable bonds is 5. The molecule has 3 aromatic heterocycles. The summed E-state index contributed by atoms with van der Waals surface area (Å²) in [7, 11) is 1.91. The summed E-state index contributed by atoms with van der Waals surface area (Å²) in [5.74, 6) is 0.876. The zero-order valence-corrected chi connectivity index (χ0v) is 16.8. The number of nitrogens with one attached hydrogen (secondary N) is 1. The second kappa shape index (κ2) is 7.13. The smallest absolute Gasteiger partial charge is 0.258 e. The van der Waals surface area contributed by atoms with Gasteiger partial charge in [-0.25, -0.2) is 0 Å². The molecule has 3 heterocycles. The molecule has 1 amide bonds. The van der Waals surface area contributed by atoms with Gasteiger partial charge in [-0.15, -0.1) is 0 Å². The molecule has 1 saturated carbocycles. The summed E-state index contributed by atoms with van der Waals surface area (Å²) in [5.41, 5.74) is 5.24. The van der Waals surface area contributed by atoms with Crippen LogP contribution in [0.25, 0.3) is 11.0 Å². The van der Waals surface area contributed by atoms with Gasteiger partial charge in [0.15, 0.2) is 12.3 Å². The van der Waals surface area contributed by atoms with Crippen molar-refractivity contribution < 1.29 is 9.53 Å². The number of nitrogens with zero attached hydrogens (tertiary/aromatic N) is 4. The Kier molecular flexibility index (Phi) is 4.45. The van der Waals surface area contributed by atoms with Gasteiger partial charge < -0.3 is 10.1 Å². The number of hydrogen-bond donors (Lipinski definition) is 1. The Hall–Kier alpha value is -2.96. The molecule has 0 saturated heterocycles. The molecule has 2 aliphatic rings. The van der Waals surface area contributed by atoms with Gasteiger partial charge in [-0.1, -0.05) is 6.07 Å². The number of aryl methyl sites for hydroxylation is 3. The van der Waals surface area contributed by atoms with Crippen molar-refractivity contribution >= 4 is 16.9 Å². The molecule has 2 aliphatic carbocycles. The molecule has 1 fully saturated rings. The molecular weight excluding hydrogens is 366 g/mol. The van der Waals surface area contributed by atoms with Crippen molar-refractivity contribution in [3.05, 3.63) is 46.9 Å². The van der Waals surface area contributed by atoms with Crippen LogP contribution in [0.4, 0.5) is 0 Å². The molecule has 0 aromatic carbocycles. The fourth-order valence-corrected chi connectivity index (χ4v) is 4.28. The van der Waals surface area contributed by atoms with Gasteiger partial charge in [0.05, 0.1) is 11.7 Å². The highest BCUT2D eigenvalue weighted by Crippen LogP contribution is 2.43. The van der Waals surface area contributed by atoms with Crippen LogP contribution in [0, 0.1) is 6.92 Å². The summed E-state index contributed by atoms with van der Waals surface area (Å²) < 4.78 is 7.56. The Morgan fingerprint density at radius 1 is 1.34 bits per heavy atom. The standard InChI is InChI=1S/C22H25N5O2/c1-13-11-19(25-22-20(13)21(14-8-9-14)26-27(22)2)29-12-18(28)24-17-7-3-6-16-15(17)5-4-10-23-16/h4-5,10-11,14,17H,3,6-9,12H2,1-2H3,(H,24,28). The zero-order valence-electron chi connectivity index (χ0n) is 16.8. The third-order valence-corrected chi connectivity index (χ3v) is 5.85. The Labute approximate surface area is 169 Å². The molecule has 0 spiro atoms. The number of aromatic nitrogens is 4. The normalized spacial score (nSPS) is 18.5. The summed E-state index contributed by atoms with van der Waals surface area (Å²) in [6, 6.07) is 5.87. The molecule has 7 nitrogen and oxygen atoms in total. The lowest BCUT2D eigenvalue weighted by atomic mass is 9.91. The van der Waals surface area contributed by atoms with E-state index in [2.05, 4.69) is 27.3 Å². The third kappa shape index (κ3) is 3.45. The first-order valence-corrected chi connectivity index (χ1v) is 10.3. The molecule has 0 bridgehead atoms. The average molecular weight is 391 g/mol. The van der Waals surface area contributed by atoms with Gasteiger partial charge in [-0.05, 0) is 56.2 Å². The maximum Gasteiger partial charge on any atom is 0.258 e. The first kappa shape index (κ1) is 18.1. The van der Waals surface area contributed by atoms with Gasteiger partial charge >= 0.3 is 0 Å². The highest BCUT2D eigenvalue weighted by Gasteiger charge is 2.30. The Morgan fingerprint density at radius 3 is 3.03 bits per heavy atom. The predicted octanol–water partition coefficient (Wildman–Crippen LogP) is 3.12. The van der Waals surface area contributed by atoms with E-state index in [1.54, 1.807) is 0 Å². The van der Waals surface area contributed by atoms with Crippen molar-refractivity contribution in [1.82, 2.24) is 25.1 Å². The largest absolute Gasteiger partial charge is 0.468 e. The number of carbonyl (C=O) groups is 1. The molecule has 7 heteroatoms. The van der Waals surface area contributed by atoms with E-state index in [0.717, 1.165) is 52.8 Å². The van der Waals surface area contributed by atoms with Crippen molar-refractivity contribution in [2.75, 3.05) is 6.61 Å². The van der Waals surface area contributed by atoms with Gasteiger partial charge in [0.25, 0.3) is 5.91 Å². The van der Waals surface area contributed by atoms with Crippen LogP contribution in [-0.4, -0.2) is 32.3 Å². The summed E-state index contributed by atoms with van der Waals surface area (Å²) in [4.78, 5) is 21.6. The summed E-state index contributed by atoms with van der Waals surface area (Å²) in [6.07, 6.45) is 7.12. The molecule has 3 aromatic rings. The van der Waals surface area contributed by atoms with Crippen LogP contribution in [0.3, 0.4) is 0 Å². The molecular formula is C22H25N5O2. The van der Waals surface area contributed by atoms with Crippen LogP contribution < -0.4 is 10.1 Å². The first-order chi connectivity index (χ1) is 14.1. The van der Waals surface area contributed by atoms with Crippen LogP contribution in [0.15, 0.2) is 24.4 Å². The lowest BCUT2D eigenvalue weighted by molar-refractivity contribution is -0.124. The quantitative estimate of drug-likeness (QED) is 0.723. The minimum absolute atomic E-state index is 0.00102. The zero-order chi connectivity index (χ0) is 20.0. The van der Waals surface area contributed by atoms with Gasteiger partial charge in [0.2, 0.25) is 5.88 Å². The van der Waals surface area contributed by atoms with Crippen LogP contribution in [0.1, 0.15) is 60.2 Å². The van der Waals surface area contributed by atoms with E-state index in [1.165, 1.54) is 12.8 Å². The monoisotopic (exact) mass is 391 g/mol. The average Bonchev–Trinajstić information content (AvgIpc) is 3.51. The minimum Gasteiger partial charge on any atom is -0.468 e. The maximum atomic E-state index is 12.5. The summed E-state index contributed by atoms with van der Waals surface area (Å²) in [5, 5.41) is 8.87. The highest BCUT2D eigenvalue weighted by atomic mass is 16.5. The van der Waals surface area contributed by atoms with Crippen molar-refractivity contribution in [3.63, 3.8) is 0 Å². The first-order valence-electron chi connectivity index (χ1n) is 10.3. The molecule has 1 unspecified atom stereocenters. The van der Waals surface area contributed by atoms with E-state index < -0.39 is 0 Å². The fourth-order valence-electron chi connectivity index (χ4n) is 4.28. The number of fused-ring (bicyclic) bond motifs is 2. The molecule has 29 heavy (non-hydrogen) atoms. The Bertz CT molecular complexity index is 1090. The van der Waals surface area contributed by atoms with Crippen molar-refractivity contribution in [1.29, 1.82) is 0 Å². The van der Waals surface area contributed by atoms with E-state index in [4.69, 9.17) is 4.74 Å². The van der Waals surface area contributed by atoms with Crippen LogP contribution >= 0.6 is 0 Å². The number of pyridine rings is 2. The van der Waals surface area contributed by atoms with Crippen LogP contribution in [0.5, 0.6) is 5.88 Å². The molecule has 1 atom stereocenters. The lowest BCUT2D eigenvalue weighted by Crippen LogP contribution is -2.34. The SMILES string of the molecule is Cc1cc(OCC(=O)NC2CCCc3ncccc32)nc2c1c(C1CC1)nn2C. The van der Waals surface area contributed by atoms with E-state index in [9.17, 15) is 4.79 Å². The number of hydrogen-bond acceptors (Lipinski definition) is 5. The second-order valence-corrected chi connectivity index (χ2v) is 8.10. The fraction of sp³-hybridized carbons (Fsp3) is 0.455. The lowest BCUT2D eigenvalue weighted by Gasteiger charge is -2.25. The Balaban J connectivity index is 1.29. The minimum atomic E-state index is -0.144. The third-order valence-electron chi connectivity index (χ3n) is 5.85. The second-order valence-electron chi connectivity index (χ2n) is 8.10. The molecule has 5 rings (SSSR count). The molecule has 150 valence electrons. The van der Waals surface area contributed by atoms with E-state index in [1.807, 2.05) is 36.1 Å². The van der Waals surface area contributed by atoms with Gasteiger partial charge in [0, 0.05) is 36.3 Å². The highest BCUT2D eigenvalue weighted by molar-refractivity contribution is 5.84. The number of ether oxygens (including phenoxy) is 1. The number of amides is 1. The van der Waals surface area contributed by atoms with Crippen LogP contribution in [0.2, 0.25) is 0 Å². The van der Waals surface area contributed by atoms with Gasteiger partial charge in [0.1, 0.15) is 0 Å². The Morgan fingerprint density at radius 2 is 2.21 bits per heavy atom.